The maximum absolute atomic E-state index is 11.3. The number of rotatable bonds is 4. The Morgan fingerprint density at radius 2 is 2.40 bits per heavy atom. The Hall–Kier alpha value is -1.03. The van der Waals surface area contributed by atoms with Gasteiger partial charge in [-0.25, -0.2) is 4.79 Å². The van der Waals surface area contributed by atoms with Gasteiger partial charge in [0.15, 0.2) is 0 Å². The maximum atomic E-state index is 11.3. The maximum Gasteiger partial charge on any atom is 0.350 e. The zero-order valence-corrected chi connectivity index (χ0v) is 9.60. The van der Waals surface area contributed by atoms with E-state index in [0.717, 1.165) is 12.3 Å². The number of carbonyl (C=O) groups is 1. The van der Waals surface area contributed by atoms with E-state index in [2.05, 4.69) is 4.74 Å². The van der Waals surface area contributed by atoms with Crippen molar-refractivity contribution in [3.8, 4) is 0 Å². The van der Waals surface area contributed by atoms with Crippen molar-refractivity contribution in [1.29, 1.82) is 0 Å². The minimum Gasteiger partial charge on any atom is -0.465 e. The molecule has 15 heavy (non-hydrogen) atoms. The third-order valence-corrected chi connectivity index (χ3v) is 3.87. The Balaban J connectivity index is 2.02. The van der Waals surface area contributed by atoms with Crippen molar-refractivity contribution in [2.45, 2.75) is 25.7 Å². The number of nitrogen functional groups attached to an aromatic ring is 1. The van der Waals surface area contributed by atoms with E-state index in [1.165, 1.54) is 42.6 Å². The Bertz CT molecular complexity index is 369. The van der Waals surface area contributed by atoms with E-state index in [1.54, 1.807) is 0 Å². The molecule has 1 saturated carbocycles. The molecule has 1 fully saturated rings. The SMILES string of the molecule is COC(=O)c1sc(CCC2CC2)cc1N. The fraction of sp³-hybridized carbons (Fsp3) is 0.545. The van der Waals surface area contributed by atoms with Gasteiger partial charge in [0.2, 0.25) is 0 Å². The predicted molar refractivity (Wildman–Crippen MR) is 61.1 cm³/mol. The average Bonchev–Trinajstić information content (AvgIpc) is 2.98. The highest BCUT2D eigenvalue weighted by molar-refractivity contribution is 7.14. The van der Waals surface area contributed by atoms with Crippen LogP contribution in [0.25, 0.3) is 0 Å². The van der Waals surface area contributed by atoms with E-state index in [0.29, 0.717) is 10.6 Å². The Kier molecular flexibility index (Phi) is 2.95. The Morgan fingerprint density at radius 3 is 3.00 bits per heavy atom. The van der Waals surface area contributed by atoms with E-state index < -0.39 is 0 Å². The van der Waals surface area contributed by atoms with Crippen molar-refractivity contribution in [2.75, 3.05) is 12.8 Å². The van der Waals surface area contributed by atoms with Crippen molar-refractivity contribution in [2.24, 2.45) is 5.92 Å². The van der Waals surface area contributed by atoms with Crippen LogP contribution in [0.5, 0.6) is 0 Å². The van der Waals surface area contributed by atoms with Crippen LogP contribution < -0.4 is 5.73 Å². The second-order valence-electron chi connectivity index (χ2n) is 3.97. The van der Waals surface area contributed by atoms with Crippen LogP contribution in [0.1, 0.15) is 33.8 Å². The van der Waals surface area contributed by atoms with Gasteiger partial charge in [0, 0.05) is 4.88 Å². The number of aryl methyl sites for hydroxylation is 1. The predicted octanol–water partition coefficient (Wildman–Crippen LogP) is 2.46. The standard InChI is InChI=1S/C11H15NO2S/c1-14-11(13)10-9(12)6-8(15-10)5-4-7-2-3-7/h6-7H,2-5,12H2,1H3. The number of ether oxygens (including phenoxy) is 1. The quantitative estimate of drug-likeness (QED) is 0.801. The van der Waals surface area contributed by atoms with Crippen LogP contribution in [0, 0.1) is 5.92 Å². The number of nitrogens with two attached hydrogens (primary N) is 1. The van der Waals surface area contributed by atoms with Gasteiger partial charge >= 0.3 is 5.97 Å². The summed E-state index contributed by atoms with van der Waals surface area (Å²) in [6.45, 7) is 0. The van der Waals surface area contributed by atoms with Crippen LogP contribution in [0.3, 0.4) is 0 Å². The summed E-state index contributed by atoms with van der Waals surface area (Å²) >= 11 is 1.46. The van der Waals surface area contributed by atoms with Crippen LogP contribution in [0.2, 0.25) is 0 Å². The van der Waals surface area contributed by atoms with Gasteiger partial charge in [-0.05, 0) is 24.8 Å². The topological polar surface area (TPSA) is 52.3 Å². The molecule has 82 valence electrons. The number of hydrogen-bond acceptors (Lipinski definition) is 4. The van der Waals surface area contributed by atoms with E-state index >= 15 is 0 Å². The fourth-order valence-corrected chi connectivity index (χ4v) is 2.60. The van der Waals surface area contributed by atoms with Crippen molar-refractivity contribution in [1.82, 2.24) is 0 Å². The van der Waals surface area contributed by atoms with Crippen LogP contribution in [-0.2, 0) is 11.2 Å². The normalized spacial score (nSPS) is 15.3. The Morgan fingerprint density at radius 1 is 1.67 bits per heavy atom. The first kappa shape index (κ1) is 10.5. The van der Waals surface area contributed by atoms with Crippen LogP contribution in [0.4, 0.5) is 5.69 Å². The lowest BCUT2D eigenvalue weighted by Gasteiger charge is -1.95. The van der Waals surface area contributed by atoms with Crippen molar-refractivity contribution in [3.63, 3.8) is 0 Å². The fourth-order valence-electron chi connectivity index (χ4n) is 1.59. The van der Waals surface area contributed by atoms with E-state index in [-0.39, 0.29) is 5.97 Å². The number of anilines is 1. The highest BCUT2D eigenvalue weighted by Gasteiger charge is 2.22. The van der Waals surface area contributed by atoms with Gasteiger partial charge in [0.25, 0.3) is 0 Å². The van der Waals surface area contributed by atoms with Gasteiger partial charge in [-0.15, -0.1) is 11.3 Å². The molecule has 2 rings (SSSR count). The van der Waals surface area contributed by atoms with Crippen LogP contribution >= 0.6 is 11.3 Å². The lowest BCUT2D eigenvalue weighted by molar-refractivity contribution is 0.0607. The summed E-state index contributed by atoms with van der Waals surface area (Å²) < 4.78 is 4.66. The molecule has 0 atom stereocenters. The van der Waals surface area contributed by atoms with Gasteiger partial charge in [-0.3, -0.25) is 0 Å². The van der Waals surface area contributed by atoms with Gasteiger partial charge in [0.05, 0.1) is 12.8 Å². The first-order valence-electron chi connectivity index (χ1n) is 5.17. The molecule has 1 heterocycles. The summed E-state index contributed by atoms with van der Waals surface area (Å²) in [5.41, 5.74) is 6.30. The van der Waals surface area contributed by atoms with Gasteiger partial charge < -0.3 is 10.5 Å². The number of thiophene rings is 1. The molecule has 0 saturated heterocycles. The summed E-state index contributed by atoms with van der Waals surface area (Å²) in [4.78, 5) is 13.0. The molecule has 4 heteroatoms. The number of carbonyl (C=O) groups excluding carboxylic acids is 1. The monoisotopic (exact) mass is 225 g/mol. The molecule has 0 spiro atoms. The zero-order chi connectivity index (χ0) is 10.8. The molecule has 1 aliphatic carbocycles. The second-order valence-corrected chi connectivity index (χ2v) is 5.11. The average molecular weight is 225 g/mol. The number of esters is 1. The molecule has 0 unspecified atom stereocenters. The molecule has 0 aromatic carbocycles. The van der Waals surface area contributed by atoms with E-state index in [9.17, 15) is 4.79 Å². The van der Waals surface area contributed by atoms with E-state index in [1.807, 2.05) is 6.07 Å². The molecule has 3 nitrogen and oxygen atoms in total. The van der Waals surface area contributed by atoms with Crippen LogP contribution in [0.15, 0.2) is 6.07 Å². The highest BCUT2D eigenvalue weighted by atomic mass is 32.1. The largest absolute Gasteiger partial charge is 0.465 e. The van der Waals surface area contributed by atoms with Gasteiger partial charge in [0.1, 0.15) is 4.88 Å². The van der Waals surface area contributed by atoms with Crippen LogP contribution in [-0.4, -0.2) is 13.1 Å². The van der Waals surface area contributed by atoms with Gasteiger partial charge in [-0.1, -0.05) is 12.8 Å². The summed E-state index contributed by atoms with van der Waals surface area (Å²) in [7, 11) is 1.38. The summed E-state index contributed by atoms with van der Waals surface area (Å²) in [5.74, 6) is 0.588. The minimum atomic E-state index is -0.324. The lowest BCUT2D eigenvalue weighted by atomic mass is 10.2. The third kappa shape index (κ3) is 2.50. The molecule has 1 aliphatic rings. The summed E-state index contributed by atoms with van der Waals surface area (Å²) in [5, 5.41) is 0. The van der Waals surface area contributed by atoms with Crippen molar-refractivity contribution < 1.29 is 9.53 Å². The van der Waals surface area contributed by atoms with E-state index in [4.69, 9.17) is 5.73 Å². The second kappa shape index (κ2) is 4.23. The van der Waals surface area contributed by atoms with Crippen molar-refractivity contribution in [3.05, 3.63) is 15.8 Å². The number of methoxy groups -OCH3 is 1. The summed E-state index contributed by atoms with van der Waals surface area (Å²) in [6, 6.07) is 1.90. The zero-order valence-electron chi connectivity index (χ0n) is 8.79. The summed E-state index contributed by atoms with van der Waals surface area (Å²) in [6.07, 6.45) is 4.99. The molecule has 0 aliphatic heterocycles. The third-order valence-electron chi connectivity index (χ3n) is 2.68. The minimum absolute atomic E-state index is 0.324. The van der Waals surface area contributed by atoms with Gasteiger partial charge in [-0.2, -0.15) is 0 Å². The molecule has 0 amide bonds. The molecule has 2 N–H and O–H groups in total. The smallest absolute Gasteiger partial charge is 0.350 e. The first-order valence-corrected chi connectivity index (χ1v) is 5.99. The lowest BCUT2D eigenvalue weighted by Crippen LogP contribution is -2.00. The molecule has 1 aromatic rings. The molecule has 0 bridgehead atoms. The molecule has 1 aromatic heterocycles. The first-order chi connectivity index (χ1) is 7.20. The molecule has 0 radical (unpaired) electrons. The highest BCUT2D eigenvalue weighted by Crippen LogP contribution is 2.35. The molecular weight excluding hydrogens is 210 g/mol. The number of hydrogen-bond donors (Lipinski definition) is 1. The molecular formula is C11H15NO2S. The van der Waals surface area contributed by atoms with Crippen molar-refractivity contribution >= 4 is 23.0 Å². The Labute approximate surface area is 93.2 Å².